The Bertz CT molecular complexity index is 313. The van der Waals surface area contributed by atoms with E-state index in [1.807, 2.05) is 0 Å². The quantitative estimate of drug-likeness (QED) is 0.699. The Morgan fingerprint density at radius 1 is 1.11 bits per heavy atom. The molecule has 2 rings (SSSR count). The highest BCUT2D eigenvalue weighted by Gasteiger charge is 2.29. The van der Waals surface area contributed by atoms with Crippen LogP contribution in [0.25, 0.3) is 0 Å². The van der Waals surface area contributed by atoms with E-state index >= 15 is 0 Å². The minimum absolute atomic E-state index is 0.0380. The standard InChI is InChI=1S/C13H22N2O3/c16-12(11-6-1-2-7-14-11)15-10-5-3-4-9(8-10)13(17)18/h9-11,14H,1-8H2,(H,15,16)(H,17,18)/t9?,10?,11-/m1/s1. The maximum Gasteiger partial charge on any atom is 0.306 e. The van der Waals surface area contributed by atoms with Crippen LogP contribution in [0.2, 0.25) is 0 Å². The average molecular weight is 254 g/mol. The maximum atomic E-state index is 12.0. The number of aliphatic carboxylic acids is 1. The summed E-state index contributed by atoms with van der Waals surface area (Å²) in [6, 6.07) is -0.0416. The fourth-order valence-electron chi connectivity index (χ4n) is 2.92. The van der Waals surface area contributed by atoms with E-state index in [1.54, 1.807) is 0 Å². The lowest BCUT2D eigenvalue weighted by atomic mass is 9.85. The van der Waals surface area contributed by atoms with Gasteiger partial charge in [-0.05, 0) is 38.6 Å². The Morgan fingerprint density at radius 3 is 2.61 bits per heavy atom. The first-order valence-corrected chi connectivity index (χ1v) is 6.93. The molecule has 3 atom stereocenters. The molecule has 0 aromatic carbocycles. The second kappa shape index (κ2) is 6.18. The number of hydrogen-bond acceptors (Lipinski definition) is 3. The summed E-state index contributed by atoms with van der Waals surface area (Å²) in [6.45, 7) is 0.903. The summed E-state index contributed by atoms with van der Waals surface area (Å²) in [6.07, 6.45) is 6.22. The fourth-order valence-corrected chi connectivity index (χ4v) is 2.92. The lowest BCUT2D eigenvalue weighted by Crippen LogP contribution is -2.50. The van der Waals surface area contributed by atoms with Crippen LogP contribution < -0.4 is 10.6 Å². The van der Waals surface area contributed by atoms with Gasteiger partial charge in [0.25, 0.3) is 0 Å². The minimum Gasteiger partial charge on any atom is -0.481 e. The molecule has 2 aliphatic rings. The molecule has 1 aliphatic carbocycles. The van der Waals surface area contributed by atoms with E-state index in [0.717, 1.165) is 45.1 Å². The molecule has 5 heteroatoms. The van der Waals surface area contributed by atoms with Gasteiger partial charge < -0.3 is 15.7 Å². The van der Waals surface area contributed by atoms with Crippen molar-refractivity contribution in [2.24, 2.45) is 5.92 Å². The van der Waals surface area contributed by atoms with Crippen LogP contribution in [0.5, 0.6) is 0 Å². The molecule has 0 spiro atoms. The number of amides is 1. The highest BCUT2D eigenvalue weighted by Crippen LogP contribution is 2.24. The molecule has 1 saturated carbocycles. The number of carbonyl (C=O) groups is 2. The van der Waals surface area contributed by atoms with Gasteiger partial charge in [-0.25, -0.2) is 0 Å². The topological polar surface area (TPSA) is 78.4 Å². The Kier molecular flexibility index (Phi) is 4.58. The van der Waals surface area contributed by atoms with Gasteiger partial charge in [0.15, 0.2) is 0 Å². The molecule has 2 unspecified atom stereocenters. The van der Waals surface area contributed by atoms with Crippen molar-refractivity contribution in [2.75, 3.05) is 6.54 Å². The zero-order valence-corrected chi connectivity index (χ0v) is 10.7. The van der Waals surface area contributed by atoms with Gasteiger partial charge >= 0.3 is 5.97 Å². The summed E-state index contributed by atoms with van der Waals surface area (Å²) in [5.74, 6) is -0.973. The molecule has 1 amide bonds. The Morgan fingerprint density at radius 2 is 1.94 bits per heavy atom. The summed E-state index contributed by atoms with van der Waals surface area (Å²) >= 11 is 0. The third kappa shape index (κ3) is 3.45. The molecule has 1 heterocycles. The van der Waals surface area contributed by atoms with Crippen molar-refractivity contribution in [3.63, 3.8) is 0 Å². The van der Waals surface area contributed by atoms with E-state index in [2.05, 4.69) is 10.6 Å². The molecule has 3 N–H and O–H groups in total. The predicted molar refractivity (Wildman–Crippen MR) is 67.2 cm³/mol. The van der Waals surface area contributed by atoms with Crippen molar-refractivity contribution in [1.82, 2.24) is 10.6 Å². The summed E-state index contributed by atoms with van der Waals surface area (Å²) < 4.78 is 0. The summed E-state index contributed by atoms with van der Waals surface area (Å²) in [4.78, 5) is 23.0. The van der Waals surface area contributed by atoms with Crippen LogP contribution in [-0.2, 0) is 9.59 Å². The lowest BCUT2D eigenvalue weighted by molar-refractivity contribution is -0.143. The highest BCUT2D eigenvalue weighted by atomic mass is 16.4. The minimum atomic E-state index is -0.732. The Hall–Kier alpha value is -1.10. The van der Waals surface area contributed by atoms with Crippen LogP contribution in [0.1, 0.15) is 44.9 Å². The number of carbonyl (C=O) groups excluding carboxylic acids is 1. The molecule has 0 radical (unpaired) electrons. The van der Waals surface area contributed by atoms with Crippen molar-refractivity contribution < 1.29 is 14.7 Å². The molecule has 102 valence electrons. The molecule has 1 aliphatic heterocycles. The third-order valence-corrected chi connectivity index (χ3v) is 4.00. The van der Waals surface area contributed by atoms with E-state index in [1.165, 1.54) is 0 Å². The fraction of sp³-hybridized carbons (Fsp3) is 0.846. The van der Waals surface area contributed by atoms with Crippen LogP contribution in [0.4, 0.5) is 0 Å². The van der Waals surface area contributed by atoms with Gasteiger partial charge in [-0.1, -0.05) is 12.8 Å². The molecule has 0 bridgehead atoms. The molecular formula is C13H22N2O3. The van der Waals surface area contributed by atoms with Crippen molar-refractivity contribution >= 4 is 11.9 Å². The normalized spacial score (nSPS) is 32.8. The van der Waals surface area contributed by atoms with Gasteiger partial charge in [0.2, 0.25) is 5.91 Å². The Labute approximate surface area is 107 Å². The van der Waals surface area contributed by atoms with Gasteiger partial charge in [-0.3, -0.25) is 9.59 Å². The summed E-state index contributed by atoms with van der Waals surface area (Å²) in [5.41, 5.74) is 0. The van der Waals surface area contributed by atoms with Gasteiger partial charge in [-0.2, -0.15) is 0 Å². The highest BCUT2D eigenvalue weighted by molar-refractivity contribution is 5.82. The second-order valence-corrected chi connectivity index (χ2v) is 5.41. The largest absolute Gasteiger partial charge is 0.481 e. The molecule has 0 aromatic heterocycles. The van der Waals surface area contributed by atoms with E-state index in [0.29, 0.717) is 6.42 Å². The zero-order valence-electron chi connectivity index (χ0n) is 10.7. The smallest absolute Gasteiger partial charge is 0.306 e. The van der Waals surface area contributed by atoms with Crippen LogP contribution in [0.3, 0.4) is 0 Å². The first-order chi connectivity index (χ1) is 8.66. The zero-order chi connectivity index (χ0) is 13.0. The van der Waals surface area contributed by atoms with Gasteiger partial charge in [0.1, 0.15) is 0 Å². The van der Waals surface area contributed by atoms with Crippen LogP contribution in [0.15, 0.2) is 0 Å². The molecular weight excluding hydrogens is 232 g/mol. The van der Waals surface area contributed by atoms with Crippen molar-refractivity contribution in [3.05, 3.63) is 0 Å². The summed E-state index contributed by atoms with van der Waals surface area (Å²) in [7, 11) is 0. The Balaban J connectivity index is 1.81. The molecule has 18 heavy (non-hydrogen) atoms. The van der Waals surface area contributed by atoms with E-state index in [4.69, 9.17) is 5.11 Å². The SMILES string of the molecule is O=C(O)C1CCCC(NC(=O)[C@H]2CCCCN2)C1. The van der Waals surface area contributed by atoms with E-state index in [-0.39, 0.29) is 23.9 Å². The number of carboxylic acids is 1. The number of nitrogens with one attached hydrogen (secondary N) is 2. The van der Waals surface area contributed by atoms with Gasteiger partial charge in [0.05, 0.1) is 12.0 Å². The third-order valence-electron chi connectivity index (χ3n) is 4.00. The van der Waals surface area contributed by atoms with Crippen molar-refractivity contribution in [3.8, 4) is 0 Å². The maximum absolute atomic E-state index is 12.0. The summed E-state index contributed by atoms with van der Waals surface area (Å²) in [5, 5.41) is 15.2. The monoisotopic (exact) mass is 254 g/mol. The molecule has 2 fully saturated rings. The number of piperidine rings is 1. The van der Waals surface area contributed by atoms with Crippen molar-refractivity contribution in [2.45, 2.75) is 57.0 Å². The number of carboxylic acid groups (broad SMARTS) is 1. The van der Waals surface area contributed by atoms with E-state index in [9.17, 15) is 9.59 Å². The second-order valence-electron chi connectivity index (χ2n) is 5.41. The number of rotatable bonds is 3. The number of hydrogen-bond donors (Lipinski definition) is 3. The van der Waals surface area contributed by atoms with Crippen LogP contribution >= 0.6 is 0 Å². The van der Waals surface area contributed by atoms with Crippen LogP contribution in [-0.4, -0.2) is 35.6 Å². The molecule has 0 aromatic rings. The lowest BCUT2D eigenvalue weighted by Gasteiger charge is -2.30. The van der Waals surface area contributed by atoms with E-state index < -0.39 is 5.97 Å². The van der Waals surface area contributed by atoms with Crippen molar-refractivity contribution in [1.29, 1.82) is 0 Å². The van der Waals surface area contributed by atoms with Gasteiger partial charge in [0, 0.05) is 6.04 Å². The average Bonchev–Trinajstić information content (AvgIpc) is 2.40. The predicted octanol–water partition coefficient (Wildman–Crippen LogP) is 0.888. The first-order valence-electron chi connectivity index (χ1n) is 6.93. The molecule has 1 saturated heterocycles. The van der Waals surface area contributed by atoms with Gasteiger partial charge in [-0.15, -0.1) is 0 Å². The first kappa shape index (κ1) is 13.3. The van der Waals surface area contributed by atoms with Crippen LogP contribution in [0, 0.1) is 5.92 Å². The molecule has 5 nitrogen and oxygen atoms in total.